The molecular formula is C20H20N2O4. The molecule has 6 nitrogen and oxygen atoms in total. The van der Waals surface area contributed by atoms with Gasteiger partial charge in [0.25, 0.3) is 0 Å². The molecule has 2 N–H and O–H groups in total. The summed E-state index contributed by atoms with van der Waals surface area (Å²) in [6.45, 7) is 1.95. The van der Waals surface area contributed by atoms with E-state index < -0.39 is 5.97 Å². The van der Waals surface area contributed by atoms with Crippen LogP contribution >= 0.6 is 0 Å². The number of carbonyl (C=O) groups is 3. The summed E-state index contributed by atoms with van der Waals surface area (Å²) < 4.78 is 4.66. The Balaban J connectivity index is 1.57. The largest absolute Gasteiger partial charge is 0.465 e. The minimum absolute atomic E-state index is 0.154. The lowest BCUT2D eigenvalue weighted by Crippen LogP contribution is -2.20. The molecule has 0 aromatic heterocycles. The molecule has 0 radical (unpaired) electrons. The predicted molar refractivity (Wildman–Crippen MR) is 97.8 cm³/mol. The average molecular weight is 352 g/mol. The first-order chi connectivity index (χ1) is 12.5. The Kier molecular flexibility index (Phi) is 5.02. The zero-order valence-electron chi connectivity index (χ0n) is 14.6. The Morgan fingerprint density at radius 1 is 0.923 bits per heavy atom. The summed E-state index contributed by atoms with van der Waals surface area (Å²) in [7, 11) is 1.30. The molecule has 0 saturated heterocycles. The van der Waals surface area contributed by atoms with Gasteiger partial charge in [0, 0.05) is 11.4 Å². The van der Waals surface area contributed by atoms with Crippen LogP contribution in [0.3, 0.4) is 0 Å². The molecule has 0 aliphatic heterocycles. The second kappa shape index (κ2) is 7.39. The van der Waals surface area contributed by atoms with Gasteiger partial charge in [-0.25, -0.2) is 4.79 Å². The van der Waals surface area contributed by atoms with E-state index >= 15 is 0 Å². The van der Waals surface area contributed by atoms with Gasteiger partial charge >= 0.3 is 5.97 Å². The van der Waals surface area contributed by atoms with Crippen molar-refractivity contribution >= 4 is 29.2 Å². The molecule has 6 heteroatoms. The van der Waals surface area contributed by atoms with Crippen LogP contribution in [0.5, 0.6) is 0 Å². The van der Waals surface area contributed by atoms with Crippen LogP contribution in [0, 0.1) is 18.8 Å². The normalized spacial score (nSPS) is 17.9. The van der Waals surface area contributed by atoms with Crippen molar-refractivity contribution in [2.45, 2.75) is 13.3 Å². The summed E-state index contributed by atoms with van der Waals surface area (Å²) in [6.07, 6.45) is 0.514. The van der Waals surface area contributed by atoms with Crippen molar-refractivity contribution in [3.63, 3.8) is 0 Å². The fourth-order valence-electron chi connectivity index (χ4n) is 2.81. The van der Waals surface area contributed by atoms with Gasteiger partial charge in [0.1, 0.15) is 0 Å². The molecule has 2 aromatic carbocycles. The number of ether oxygens (including phenoxy) is 1. The first kappa shape index (κ1) is 17.7. The standard InChI is InChI=1S/C20H20N2O4/c1-12-5-3-7-14(9-12)21-18(23)16-11-17(16)19(24)22-15-8-4-6-13(10-15)20(25)26-2/h3-10,16-17H,11H2,1-2H3,(H,21,23)(H,22,24). The van der Waals surface area contributed by atoms with Crippen LogP contribution in [0.15, 0.2) is 48.5 Å². The number of carbonyl (C=O) groups excluding carboxylic acids is 3. The van der Waals surface area contributed by atoms with Crippen LogP contribution in [-0.2, 0) is 14.3 Å². The molecule has 2 atom stereocenters. The molecule has 0 bridgehead atoms. The number of rotatable bonds is 5. The summed E-state index contributed by atoms with van der Waals surface area (Å²) in [5, 5.41) is 5.60. The molecule has 1 aliphatic rings. The maximum Gasteiger partial charge on any atom is 0.337 e. The van der Waals surface area contributed by atoms with Gasteiger partial charge in [-0.15, -0.1) is 0 Å². The third-order valence-electron chi connectivity index (χ3n) is 4.30. The van der Waals surface area contributed by atoms with E-state index in [4.69, 9.17) is 0 Å². The van der Waals surface area contributed by atoms with Crippen LogP contribution in [0.25, 0.3) is 0 Å². The molecule has 2 aromatic rings. The lowest BCUT2D eigenvalue weighted by Gasteiger charge is -2.07. The molecule has 1 saturated carbocycles. The van der Waals surface area contributed by atoms with Crippen molar-refractivity contribution in [1.82, 2.24) is 0 Å². The zero-order valence-corrected chi connectivity index (χ0v) is 14.6. The smallest absolute Gasteiger partial charge is 0.337 e. The highest BCUT2D eigenvalue weighted by Gasteiger charge is 2.48. The molecule has 0 spiro atoms. The van der Waals surface area contributed by atoms with Gasteiger partial charge in [-0.2, -0.15) is 0 Å². The Bertz CT molecular complexity index is 862. The monoisotopic (exact) mass is 352 g/mol. The minimum Gasteiger partial charge on any atom is -0.465 e. The fraction of sp³-hybridized carbons (Fsp3) is 0.250. The van der Waals surface area contributed by atoms with Crippen molar-refractivity contribution in [2.24, 2.45) is 11.8 Å². The van der Waals surface area contributed by atoms with Crippen molar-refractivity contribution in [3.05, 3.63) is 59.7 Å². The molecule has 2 amide bonds. The Labute approximate surface area is 151 Å². The molecule has 134 valence electrons. The summed E-state index contributed by atoms with van der Waals surface area (Å²) in [5.41, 5.74) is 2.64. The number of amides is 2. The van der Waals surface area contributed by atoms with Crippen LogP contribution < -0.4 is 10.6 Å². The number of benzene rings is 2. The van der Waals surface area contributed by atoms with Crippen molar-refractivity contribution in [1.29, 1.82) is 0 Å². The quantitative estimate of drug-likeness (QED) is 0.810. The highest BCUT2D eigenvalue weighted by molar-refractivity contribution is 6.03. The second-order valence-electron chi connectivity index (χ2n) is 6.37. The van der Waals surface area contributed by atoms with Gasteiger partial charge in [0.05, 0.1) is 24.5 Å². The molecule has 1 fully saturated rings. The van der Waals surface area contributed by atoms with E-state index in [9.17, 15) is 14.4 Å². The number of aryl methyl sites for hydroxylation is 1. The van der Waals surface area contributed by atoms with E-state index in [1.54, 1.807) is 24.3 Å². The van der Waals surface area contributed by atoms with E-state index in [-0.39, 0.29) is 23.7 Å². The Hall–Kier alpha value is -3.15. The van der Waals surface area contributed by atoms with Crippen LogP contribution in [-0.4, -0.2) is 24.9 Å². The summed E-state index contributed by atoms with van der Waals surface area (Å²) in [5.74, 6) is -1.54. The Morgan fingerprint density at radius 2 is 1.50 bits per heavy atom. The lowest BCUT2D eigenvalue weighted by atomic mass is 10.2. The maximum atomic E-state index is 12.3. The van der Waals surface area contributed by atoms with E-state index in [1.807, 2.05) is 31.2 Å². The maximum absolute atomic E-state index is 12.3. The topological polar surface area (TPSA) is 84.5 Å². The number of nitrogens with one attached hydrogen (secondary N) is 2. The number of methoxy groups -OCH3 is 1. The first-order valence-electron chi connectivity index (χ1n) is 8.34. The van der Waals surface area contributed by atoms with E-state index in [0.29, 0.717) is 17.7 Å². The summed E-state index contributed by atoms with van der Waals surface area (Å²) in [6, 6.07) is 14.0. The number of hydrogen-bond acceptors (Lipinski definition) is 4. The van der Waals surface area contributed by atoms with Gasteiger partial charge < -0.3 is 15.4 Å². The predicted octanol–water partition coefficient (Wildman–Crippen LogP) is 2.99. The van der Waals surface area contributed by atoms with Crippen molar-refractivity contribution in [3.8, 4) is 0 Å². The van der Waals surface area contributed by atoms with Gasteiger partial charge in [0.15, 0.2) is 0 Å². The second-order valence-corrected chi connectivity index (χ2v) is 6.37. The highest BCUT2D eigenvalue weighted by Crippen LogP contribution is 2.40. The number of anilines is 2. The fourth-order valence-corrected chi connectivity index (χ4v) is 2.81. The lowest BCUT2D eigenvalue weighted by molar-refractivity contribution is -0.122. The van der Waals surface area contributed by atoms with Crippen LogP contribution in [0.4, 0.5) is 11.4 Å². The van der Waals surface area contributed by atoms with Crippen molar-refractivity contribution in [2.75, 3.05) is 17.7 Å². The molecule has 0 heterocycles. The molecular weight excluding hydrogens is 332 g/mol. The van der Waals surface area contributed by atoms with Gasteiger partial charge in [-0.3, -0.25) is 9.59 Å². The average Bonchev–Trinajstić information content (AvgIpc) is 3.42. The third-order valence-corrected chi connectivity index (χ3v) is 4.30. The molecule has 26 heavy (non-hydrogen) atoms. The number of esters is 1. The van der Waals surface area contributed by atoms with Gasteiger partial charge in [-0.05, 0) is 49.2 Å². The van der Waals surface area contributed by atoms with Crippen LogP contribution in [0.1, 0.15) is 22.3 Å². The van der Waals surface area contributed by atoms with E-state index in [0.717, 1.165) is 11.3 Å². The van der Waals surface area contributed by atoms with Crippen LogP contribution in [0.2, 0.25) is 0 Å². The van der Waals surface area contributed by atoms with Crippen molar-refractivity contribution < 1.29 is 19.1 Å². The Morgan fingerprint density at radius 3 is 2.08 bits per heavy atom. The number of hydrogen-bond donors (Lipinski definition) is 2. The highest BCUT2D eigenvalue weighted by atomic mass is 16.5. The molecule has 1 aliphatic carbocycles. The van der Waals surface area contributed by atoms with Gasteiger partial charge in [-0.1, -0.05) is 18.2 Å². The first-order valence-corrected chi connectivity index (χ1v) is 8.34. The summed E-state index contributed by atoms with van der Waals surface area (Å²) in [4.78, 5) is 36.2. The SMILES string of the molecule is COC(=O)c1cccc(NC(=O)C2CC2C(=O)Nc2cccc(C)c2)c1. The van der Waals surface area contributed by atoms with E-state index in [1.165, 1.54) is 7.11 Å². The molecule has 2 unspecified atom stereocenters. The molecule has 3 rings (SSSR count). The van der Waals surface area contributed by atoms with E-state index in [2.05, 4.69) is 15.4 Å². The minimum atomic E-state index is -0.470. The summed E-state index contributed by atoms with van der Waals surface area (Å²) >= 11 is 0. The third kappa shape index (κ3) is 4.08. The zero-order chi connectivity index (χ0) is 18.7. The van der Waals surface area contributed by atoms with Gasteiger partial charge in [0.2, 0.25) is 11.8 Å².